The number of carbonyl (C=O) groups excluding carboxylic acids is 1. The zero-order chi connectivity index (χ0) is 11.5. The number of hydrogen-bond acceptors (Lipinski definition) is 2. The first-order valence-electron chi connectivity index (χ1n) is 5.49. The van der Waals surface area contributed by atoms with Crippen LogP contribution in [0.1, 0.15) is 22.3 Å². The van der Waals surface area contributed by atoms with Gasteiger partial charge in [0.05, 0.1) is 5.56 Å². The van der Waals surface area contributed by atoms with E-state index in [1.54, 1.807) is 6.07 Å². The van der Waals surface area contributed by atoms with Crippen molar-refractivity contribution in [2.24, 2.45) is 0 Å². The molecule has 2 rings (SSSR count). The monoisotopic (exact) mass is 216 g/mol. The van der Waals surface area contributed by atoms with Gasteiger partial charge in [-0.2, -0.15) is 0 Å². The first kappa shape index (κ1) is 10.7. The van der Waals surface area contributed by atoms with Crippen LogP contribution in [-0.4, -0.2) is 23.9 Å². The molecule has 0 aliphatic carbocycles. The van der Waals surface area contributed by atoms with Gasteiger partial charge in [0.25, 0.3) is 5.91 Å². The van der Waals surface area contributed by atoms with Crippen LogP contribution < -0.4 is 5.73 Å². The standard InChI is InChI=1S/C13H16N2O/c1-10-5-6-12(14)11(9-10)13(16)15-7-3-2-4-8-15/h2-3,5-6,9H,4,7-8,14H2,1H3. The molecule has 1 aromatic carbocycles. The van der Waals surface area contributed by atoms with Gasteiger partial charge in [0.15, 0.2) is 0 Å². The summed E-state index contributed by atoms with van der Waals surface area (Å²) in [5.41, 5.74) is 8.07. The molecular weight excluding hydrogens is 200 g/mol. The third-order valence-electron chi connectivity index (χ3n) is 2.78. The number of nitrogens with two attached hydrogens (primary N) is 1. The van der Waals surface area contributed by atoms with Crippen molar-refractivity contribution in [3.8, 4) is 0 Å². The topological polar surface area (TPSA) is 46.3 Å². The molecule has 3 nitrogen and oxygen atoms in total. The molecule has 1 aromatic rings. The van der Waals surface area contributed by atoms with Crippen molar-refractivity contribution >= 4 is 11.6 Å². The highest BCUT2D eigenvalue weighted by Gasteiger charge is 2.17. The van der Waals surface area contributed by atoms with Gasteiger partial charge < -0.3 is 10.6 Å². The molecule has 1 heterocycles. The van der Waals surface area contributed by atoms with Crippen LogP contribution in [0.2, 0.25) is 0 Å². The molecule has 1 aliphatic rings. The molecule has 0 bridgehead atoms. The van der Waals surface area contributed by atoms with Gasteiger partial charge in [0.2, 0.25) is 0 Å². The Balaban J connectivity index is 2.26. The summed E-state index contributed by atoms with van der Waals surface area (Å²) in [7, 11) is 0. The summed E-state index contributed by atoms with van der Waals surface area (Å²) in [5, 5.41) is 0. The number of rotatable bonds is 1. The van der Waals surface area contributed by atoms with Crippen LogP contribution >= 0.6 is 0 Å². The van der Waals surface area contributed by atoms with E-state index in [4.69, 9.17) is 5.73 Å². The van der Waals surface area contributed by atoms with E-state index in [1.807, 2.05) is 30.0 Å². The van der Waals surface area contributed by atoms with Crippen molar-refractivity contribution in [2.75, 3.05) is 18.8 Å². The first-order chi connectivity index (χ1) is 7.68. The van der Waals surface area contributed by atoms with Crippen LogP contribution in [0.4, 0.5) is 5.69 Å². The molecule has 3 heteroatoms. The van der Waals surface area contributed by atoms with Crippen LogP contribution in [0, 0.1) is 6.92 Å². The third kappa shape index (κ3) is 2.08. The van der Waals surface area contributed by atoms with E-state index in [2.05, 4.69) is 6.08 Å². The smallest absolute Gasteiger partial charge is 0.256 e. The lowest BCUT2D eigenvalue weighted by Crippen LogP contribution is -2.34. The van der Waals surface area contributed by atoms with Crippen LogP contribution in [-0.2, 0) is 0 Å². The Kier molecular flexibility index (Phi) is 2.95. The zero-order valence-electron chi connectivity index (χ0n) is 9.44. The summed E-state index contributed by atoms with van der Waals surface area (Å²) in [6.07, 6.45) is 5.05. The molecule has 16 heavy (non-hydrogen) atoms. The summed E-state index contributed by atoms with van der Waals surface area (Å²) < 4.78 is 0. The Morgan fingerprint density at radius 1 is 1.38 bits per heavy atom. The Morgan fingerprint density at radius 3 is 2.88 bits per heavy atom. The van der Waals surface area contributed by atoms with Crippen molar-refractivity contribution in [2.45, 2.75) is 13.3 Å². The fraction of sp³-hybridized carbons (Fsp3) is 0.308. The Hall–Kier alpha value is -1.77. The van der Waals surface area contributed by atoms with Crippen molar-refractivity contribution in [3.63, 3.8) is 0 Å². The Morgan fingerprint density at radius 2 is 2.19 bits per heavy atom. The van der Waals surface area contributed by atoms with E-state index in [-0.39, 0.29) is 5.91 Å². The molecule has 0 saturated carbocycles. The van der Waals surface area contributed by atoms with E-state index in [1.165, 1.54) is 0 Å². The number of nitrogen functional groups attached to an aromatic ring is 1. The number of aryl methyl sites for hydroxylation is 1. The molecule has 0 radical (unpaired) electrons. The van der Waals surface area contributed by atoms with E-state index >= 15 is 0 Å². The minimum atomic E-state index is 0.0329. The number of amides is 1. The molecule has 0 aromatic heterocycles. The highest BCUT2D eigenvalue weighted by molar-refractivity contribution is 5.99. The lowest BCUT2D eigenvalue weighted by atomic mass is 10.1. The summed E-state index contributed by atoms with van der Waals surface area (Å²) in [5.74, 6) is 0.0329. The summed E-state index contributed by atoms with van der Waals surface area (Å²) >= 11 is 0. The highest BCUT2D eigenvalue weighted by atomic mass is 16.2. The SMILES string of the molecule is Cc1ccc(N)c(C(=O)N2CC=CCC2)c1. The normalized spacial score (nSPS) is 15.2. The number of nitrogens with zero attached hydrogens (tertiary/aromatic N) is 1. The third-order valence-corrected chi connectivity index (χ3v) is 2.78. The van der Waals surface area contributed by atoms with Crippen molar-refractivity contribution in [1.82, 2.24) is 4.90 Å². The molecule has 84 valence electrons. The zero-order valence-corrected chi connectivity index (χ0v) is 9.44. The number of benzene rings is 1. The molecular formula is C13H16N2O. The molecule has 0 unspecified atom stereocenters. The van der Waals surface area contributed by atoms with Gasteiger partial charge in [-0.15, -0.1) is 0 Å². The van der Waals surface area contributed by atoms with Gasteiger partial charge >= 0.3 is 0 Å². The highest BCUT2D eigenvalue weighted by Crippen LogP contribution is 2.17. The van der Waals surface area contributed by atoms with E-state index < -0.39 is 0 Å². The number of anilines is 1. The van der Waals surface area contributed by atoms with Crippen LogP contribution in [0.5, 0.6) is 0 Å². The van der Waals surface area contributed by atoms with Crippen LogP contribution in [0.3, 0.4) is 0 Å². The maximum Gasteiger partial charge on any atom is 0.256 e. The van der Waals surface area contributed by atoms with Gasteiger partial charge in [-0.05, 0) is 25.5 Å². The lowest BCUT2D eigenvalue weighted by molar-refractivity contribution is 0.0772. The Labute approximate surface area is 95.6 Å². The van der Waals surface area contributed by atoms with E-state index in [0.29, 0.717) is 17.8 Å². The second-order valence-electron chi connectivity index (χ2n) is 4.10. The maximum atomic E-state index is 12.2. The fourth-order valence-corrected chi connectivity index (χ4v) is 1.85. The predicted octanol–water partition coefficient (Wildman–Crippen LogP) is 1.98. The summed E-state index contributed by atoms with van der Waals surface area (Å²) in [4.78, 5) is 14.0. The van der Waals surface area contributed by atoms with Gasteiger partial charge in [0, 0.05) is 18.8 Å². The largest absolute Gasteiger partial charge is 0.398 e. The first-order valence-corrected chi connectivity index (χ1v) is 5.49. The van der Waals surface area contributed by atoms with Crippen LogP contribution in [0.25, 0.3) is 0 Å². The molecule has 2 N–H and O–H groups in total. The van der Waals surface area contributed by atoms with E-state index in [9.17, 15) is 4.79 Å². The van der Waals surface area contributed by atoms with Gasteiger partial charge in [-0.1, -0.05) is 23.8 Å². The maximum absolute atomic E-state index is 12.2. The quantitative estimate of drug-likeness (QED) is 0.576. The fourth-order valence-electron chi connectivity index (χ4n) is 1.85. The van der Waals surface area contributed by atoms with Gasteiger partial charge in [-0.3, -0.25) is 4.79 Å². The molecule has 0 saturated heterocycles. The number of carbonyl (C=O) groups is 1. The molecule has 0 fully saturated rings. The Bertz CT molecular complexity index is 438. The summed E-state index contributed by atoms with van der Waals surface area (Å²) in [6, 6.07) is 5.57. The number of hydrogen-bond donors (Lipinski definition) is 1. The second-order valence-corrected chi connectivity index (χ2v) is 4.10. The molecule has 0 spiro atoms. The van der Waals surface area contributed by atoms with Gasteiger partial charge in [0.1, 0.15) is 0 Å². The van der Waals surface area contributed by atoms with E-state index in [0.717, 1.165) is 18.5 Å². The average Bonchev–Trinajstić information content (AvgIpc) is 2.32. The van der Waals surface area contributed by atoms with Crippen molar-refractivity contribution in [3.05, 3.63) is 41.5 Å². The minimum absolute atomic E-state index is 0.0329. The molecule has 1 aliphatic heterocycles. The van der Waals surface area contributed by atoms with Crippen LogP contribution in [0.15, 0.2) is 30.4 Å². The molecule has 1 amide bonds. The lowest BCUT2D eigenvalue weighted by Gasteiger charge is -2.24. The predicted molar refractivity (Wildman–Crippen MR) is 65.3 cm³/mol. The second kappa shape index (κ2) is 4.39. The minimum Gasteiger partial charge on any atom is -0.398 e. The van der Waals surface area contributed by atoms with Crippen molar-refractivity contribution < 1.29 is 4.79 Å². The van der Waals surface area contributed by atoms with Crippen molar-refractivity contribution in [1.29, 1.82) is 0 Å². The van der Waals surface area contributed by atoms with Gasteiger partial charge in [-0.25, -0.2) is 0 Å². The molecule has 0 atom stereocenters. The average molecular weight is 216 g/mol. The summed E-state index contributed by atoms with van der Waals surface area (Å²) in [6.45, 7) is 3.43.